The highest BCUT2D eigenvalue weighted by atomic mass is 32.2. The molecule has 0 radical (unpaired) electrons. The Morgan fingerprint density at radius 3 is 2.50 bits per heavy atom. The quantitative estimate of drug-likeness (QED) is 0.861. The number of hydrogen-bond acceptors (Lipinski definition) is 4. The average molecular weight is 270 g/mol. The second-order valence-electron chi connectivity index (χ2n) is 3.65. The van der Waals surface area contributed by atoms with E-state index in [1.165, 1.54) is 30.0 Å². The fraction of sp³-hybridized carbons (Fsp3) is 0.273. The molecule has 0 unspecified atom stereocenters. The highest BCUT2D eigenvalue weighted by Crippen LogP contribution is 2.24. The van der Waals surface area contributed by atoms with Crippen LogP contribution in [0.25, 0.3) is 0 Å². The van der Waals surface area contributed by atoms with Crippen molar-refractivity contribution in [2.24, 2.45) is 12.8 Å². The van der Waals surface area contributed by atoms with Crippen LogP contribution in [0.1, 0.15) is 11.4 Å². The molecule has 0 atom stereocenters. The van der Waals surface area contributed by atoms with Gasteiger partial charge in [0.05, 0.1) is 6.54 Å². The van der Waals surface area contributed by atoms with Gasteiger partial charge in [-0.05, 0) is 12.1 Å². The molecule has 96 valence electrons. The Hall–Kier alpha value is -1.47. The smallest absolute Gasteiger partial charge is 0.191 e. The van der Waals surface area contributed by atoms with E-state index < -0.39 is 11.6 Å². The van der Waals surface area contributed by atoms with Crippen LogP contribution in [-0.2, 0) is 19.3 Å². The molecule has 18 heavy (non-hydrogen) atoms. The van der Waals surface area contributed by atoms with Crippen LogP contribution in [0, 0.1) is 11.6 Å². The molecule has 1 aromatic carbocycles. The molecular weight excluding hydrogens is 258 g/mol. The van der Waals surface area contributed by atoms with Gasteiger partial charge >= 0.3 is 0 Å². The van der Waals surface area contributed by atoms with E-state index in [1.54, 1.807) is 11.6 Å². The van der Waals surface area contributed by atoms with Gasteiger partial charge in [0.2, 0.25) is 0 Å². The van der Waals surface area contributed by atoms with E-state index in [9.17, 15) is 8.78 Å². The van der Waals surface area contributed by atoms with Crippen molar-refractivity contribution in [3.8, 4) is 0 Å². The molecule has 4 nitrogen and oxygen atoms in total. The SMILES string of the molecule is Cn1c(CN)nnc1SCc1c(F)cccc1F. The number of halogens is 2. The van der Waals surface area contributed by atoms with E-state index in [2.05, 4.69) is 10.2 Å². The summed E-state index contributed by atoms with van der Waals surface area (Å²) in [7, 11) is 1.77. The van der Waals surface area contributed by atoms with Crippen LogP contribution in [0.2, 0.25) is 0 Å². The van der Waals surface area contributed by atoms with Crippen molar-refractivity contribution < 1.29 is 8.78 Å². The van der Waals surface area contributed by atoms with Crippen molar-refractivity contribution in [1.29, 1.82) is 0 Å². The van der Waals surface area contributed by atoms with Crippen LogP contribution < -0.4 is 5.73 Å². The molecule has 1 heterocycles. The maximum absolute atomic E-state index is 13.4. The van der Waals surface area contributed by atoms with E-state index in [0.29, 0.717) is 11.0 Å². The predicted octanol–water partition coefficient (Wildman–Crippen LogP) is 1.84. The van der Waals surface area contributed by atoms with E-state index in [0.717, 1.165) is 0 Å². The fourth-order valence-corrected chi connectivity index (χ4v) is 2.40. The minimum absolute atomic E-state index is 0.0415. The Morgan fingerprint density at radius 2 is 1.94 bits per heavy atom. The second kappa shape index (κ2) is 5.45. The number of thioether (sulfide) groups is 1. The molecule has 0 aliphatic heterocycles. The molecule has 2 rings (SSSR count). The normalized spacial score (nSPS) is 10.9. The van der Waals surface area contributed by atoms with Gasteiger partial charge in [-0.25, -0.2) is 8.78 Å². The Balaban J connectivity index is 2.14. The van der Waals surface area contributed by atoms with Crippen molar-refractivity contribution in [1.82, 2.24) is 14.8 Å². The zero-order chi connectivity index (χ0) is 13.1. The number of nitrogens with zero attached hydrogens (tertiary/aromatic N) is 3. The summed E-state index contributed by atoms with van der Waals surface area (Å²) in [5, 5.41) is 8.36. The first-order chi connectivity index (χ1) is 8.63. The third-order valence-corrected chi connectivity index (χ3v) is 3.56. The minimum atomic E-state index is -0.552. The van der Waals surface area contributed by atoms with Crippen LogP contribution in [0.5, 0.6) is 0 Å². The van der Waals surface area contributed by atoms with Gasteiger partial charge in [-0.1, -0.05) is 17.8 Å². The first-order valence-corrected chi connectivity index (χ1v) is 6.26. The summed E-state index contributed by atoms with van der Waals surface area (Å²) in [6.45, 7) is 0.276. The van der Waals surface area contributed by atoms with Gasteiger partial charge in [-0.2, -0.15) is 0 Å². The largest absolute Gasteiger partial charge is 0.324 e. The highest BCUT2D eigenvalue weighted by molar-refractivity contribution is 7.98. The molecule has 0 saturated heterocycles. The molecule has 0 saturated carbocycles. The topological polar surface area (TPSA) is 56.7 Å². The Morgan fingerprint density at radius 1 is 1.28 bits per heavy atom. The van der Waals surface area contributed by atoms with Crippen LogP contribution >= 0.6 is 11.8 Å². The highest BCUT2D eigenvalue weighted by Gasteiger charge is 2.12. The maximum Gasteiger partial charge on any atom is 0.191 e. The zero-order valence-corrected chi connectivity index (χ0v) is 10.5. The predicted molar refractivity (Wildman–Crippen MR) is 64.8 cm³/mol. The monoisotopic (exact) mass is 270 g/mol. The number of benzene rings is 1. The van der Waals surface area contributed by atoms with Crippen LogP contribution in [0.4, 0.5) is 8.78 Å². The molecular formula is C11H12F2N4S. The molecule has 2 aromatic rings. The minimum Gasteiger partial charge on any atom is -0.324 e. The Labute approximate surface area is 107 Å². The molecule has 0 bridgehead atoms. The maximum atomic E-state index is 13.4. The van der Waals surface area contributed by atoms with E-state index in [1.807, 2.05) is 0 Å². The summed E-state index contributed by atoms with van der Waals surface area (Å²) in [4.78, 5) is 0. The number of hydrogen-bond donors (Lipinski definition) is 1. The van der Waals surface area contributed by atoms with Gasteiger partial charge in [0.25, 0.3) is 0 Å². The van der Waals surface area contributed by atoms with Crippen molar-refractivity contribution in [3.63, 3.8) is 0 Å². The number of rotatable bonds is 4. The van der Waals surface area contributed by atoms with Gasteiger partial charge in [0, 0.05) is 18.4 Å². The lowest BCUT2D eigenvalue weighted by Crippen LogP contribution is -2.05. The average Bonchev–Trinajstić information content (AvgIpc) is 2.70. The summed E-state index contributed by atoms with van der Waals surface area (Å²) in [6.07, 6.45) is 0. The summed E-state index contributed by atoms with van der Waals surface area (Å²) in [6, 6.07) is 3.82. The van der Waals surface area contributed by atoms with E-state index >= 15 is 0 Å². The van der Waals surface area contributed by atoms with E-state index in [-0.39, 0.29) is 17.9 Å². The molecule has 0 aliphatic carbocycles. The molecule has 7 heteroatoms. The Kier molecular flexibility index (Phi) is 3.93. The summed E-state index contributed by atoms with van der Waals surface area (Å²) in [5.41, 5.74) is 5.51. The van der Waals surface area contributed by atoms with Gasteiger partial charge in [0.15, 0.2) is 5.16 Å². The van der Waals surface area contributed by atoms with Crippen LogP contribution in [0.15, 0.2) is 23.4 Å². The lowest BCUT2D eigenvalue weighted by atomic mass is 10.2. The number of nitrogens with two attached hydrogens (primary N) is 1. The molecule has 0 aliphatic rings. The van der Waals surface area contributed by atoms with Gasteiger partial charge in [0.1, 0.15) is 17.5 Å². The molecule has 1 aromatic heterocycles. The molecule has 0 fully saturated rings. The van der Waals surface area contributed by atoms with Crippen molar-refractivity contribution >= 4 is 11.8 Å². The molecule has 2 N–H and O–H groups in total. The first kappa shape index (κ1) is 13.0. The van der Waals surface area contributed by atoms with Gasteiger partial charge in [-0.3, -0.25) is 0 Å². The van der Waals surface area contributed by atoms with Crippen LogP contribution in [-0.4, -0.2) is 14.8 Å². The summed E-state index contributed by atoms with van der Waals surface area (Å²) < 4.78 is 28.5. The third kappa shape index (κ3) is 2.51. The fourth-order valence-electron chi connectivity index (χ4n) is 1.46. The molecule has 0 spiro atoms. The first-order valence-electron chi connectivity index (χ1n) is 5.27. The van der Waals surface area contributed by atoms with Crippen molar-refractivity contribution in [2.45, 2.75) is 17.5 Å². The number of aromatic nitrogens is 3. The van der Waals surface area contributed by atoms with Gasteiger partial charge < -0.3 is 10.3 Å². The van der Waals surface area contributed by atoms with Crippen LogP contribution in [0.3, 0.4) is 0 Å². The van der Waals surface area contributed by atoms with Crippen molar-refractivity contribution in [2.75, 3.05) is 0 Å². The summed E-state index contributed by atoms with van der Waals surface area (Å²) in [5.74, 6) is -0.311. The third-order valence-electron chi connectivity index (χ3n) is 2.51. The lowest BCUT2D eigenvalue weighted by molar-refractivity contribution is 0.566. The molecule has 0 amide bonds. The van der Waals surface area contributed by atoms with Gasteiger partial charge in [-0.15, -0.1) is 10.2 Å². The lowest BCUT2D eigenvalue weighted by Gasteiger charge is -2.04. The van der Waals surface area contributed by atoms with E-state index in [4.69, 9.17) is 5.73 Å². The summed E-state index contributed by atoms with van der Waals surface area (Å²) >= 11 is 1.22. The van der Waals surface area contributed by atoms with Crippen molar-refractivity contribution in [3.05, 3.63) is 41.2 Å². The second-order valence-corrected chi connectivity index (χ2v) is 4.59. The standard InChI is InChI=1S/C11H12F2N4S/c1-17-10(5-14)15-16-11(17)18-6-7-8(12)3-2-4-9(7)13/h2-4H,5-6,14H2,1H3. The zero-order valence-electron chi connectivity index (χ0n) is 9.73. The Bertz CT molecular complexity index is 536.